The molecule has 5 amide bonds. The van der Waals surface area contributed by atoms with Crippen LogP contribution in [0.5, 0.6) is 5.75 Å². The van der Waals surface area contributed by atoms with E-state index in [0.717, 1.165) is 10.7 Å². The van der Waals surface area contributed by atoms with E-state index in [1.54, 1.807) is 42.6 Å². The van der Waals surface area contributed by atoms with Crippen LogP contribution < -0.4 is 26.4 Å². The molecule has 0 spiro atoms. The van der Waals surface area contributed by atoms with E-state index in [-0.39, 0.29) is 37.3 Å². The molecule has 1 aliphatic rings. The molecule has 0 fully saturated rings. The zero-order valence-corrected chi connectivity index (χ0v) is 22.8. The molecule has 1 aromatic carbocycles. The van der Waals surface area contributed by atoms with Gasteiger partial charge in [-0.05, 0) is 31.9 Å². The molecule has 1 aromatic heterocycles. The van der Waals surface area contributed by atoms with Crippen molar-refractivity contribution in [2.75, 3.05) is 26.7 Å². The maximum atomic E-state index is 13.1. The van der Waals surface area contributed by atoms with Crippen molar-refractivity contribution in [2.45, 2.75) is 51.1 Å². The molecule has 2 atom stereocenters. The second-order valence-corrected chi connectivity index (χ2v) is 10.2. The Kier molecular flexibility index (Phi) is 10.8. The highest BCUT2D eigenvalue weighted by molar-refractivity contribution is 7.09. The van der Waals surface area contributed by atoms with E-state index < -0.39 is 48.0 Å². The van der Waals surface area contributed by atoms with Gasteiger partial charge in [0.25, 0.3) is 5.91 Å². The first-order chi connectivity index (χ1) is 18.6. The summed E-state index contributed by atoms with van der Waals surface area (Å²) in [6, 6.07) is 4.26. The summed E-state index contributed by atoms with van der Waals surface area (Å²) < 4.78 is 5.77. The lowest BCUT2D eigenvalue weighted by atomic mass is 10.1. The fraction of sp³-hybridized carbons (Fsp3) is 0.462. The van der Waals surface area contributed by atoms with Gasteiger partial charge in [0, 0.05) is 37.5 Å². The Morgan fingerprint density at radius 1 is 1.23 bits per heavy atom. The summed E-state index contributed by atoms with van der Waals surface area (Å²) in [5.74, 6) is -2.52. The third-order valence-electron chi connectivity index (χ3n) is 6.05. The highest BCUT2D eigenvalue weighted by Crippen LogP contribution is 2.19. The first-order valence-electron chi connectivity index (χ1n) is 12.7. The molecule has 0 radical (unpaired) electrons. The molecule has 2 heterocycles. The first-order valence-corrected chi connectivity index (χ1v) is 13.6. The summed E-state index contributed by atoms with van der Waals surface area (Å²) in [4.78, 5) is 69.4. The van der Waals surface area contributed by atoms with Crippen LogP contribution >= 0.6 is 11.3 Å². The van der Waals surface area contributed by atoms with Gasteiger partial charge in [0.15, 0.2) is 0 Å². The van der Waals surface area contributed by atoms with E-state index in [2.05, 4.69) is 20.9 Å². The fourth-order valence-electron chi connectivity index (χ4n) is 3.97. The molecule has 5 N–H and O–H groups in total. The van der Waals surface area contributed by atoms with Gasteiger partial charge in [0.2, 0.25) is 23.6 Å². The number of fused-ring (bicyclic) bond motifs is 1. The van der Waals surface area contributed by atoms with E-state index in [0.29, 0.717) is 19.4 Å². The van der Waals surface area contributed by atoms with E-state index in [1.807, 2.05) is 12.3 Å². The van der Waals surface area contributed by atoms with E-state index in [1.165, 1.54) is 4.90 Å². The van der Waals surface area contributed by atoms with Gasteiger partial charge >= 0.3 is 0 Å². The number of likely N-dealkylation sites (N-methyl/N-ethyl adjacent to an activating group) is 1. The van der Waals surface area contributed by atoms with E-state index in [9.17, 15) is 24.0 Å². The van der Waals surface area contributed by atoms with Gasteiger partial charge in [0.1, 0.15) is 24.4 Å². The smallest absolute Gasteiger partial charge is 0.255 e. The molecule has 0 bridgehead atoms. The quantitative estimate of drug-likeness (QED) is 0.337. The van der Waals surface area contributed by atoms with Gasteiger partial charge in [-0.15, -0.1) is 11.3 Å². The Hall–Kier alpha value is -4.00. The van der Waals surface area contributed by atoms with Crippen LogP contribution in [0.25, 0.3) is 0 Å². The number of aryl methyl sites for hydroxylation is 2. The van der Waals surface area contributed by atoms with Gasteiger partial charge in [-0.25, -0.2) is 4.98 Å². The van der Waals surface area contributed by atoms with Crippen LogP contribution in [0, 0.1) is 6.92 Å². The van der Waals surface area contributed by atoms with Crippen molar-refractivity contribution in [2.24, 2.45) is 5.73 Å². The number of carbonyl (C=O) groups is 5. The number of amides is 5. The zero-order chi connectivity index (χ0) is 28.4. The lowest BCUT2D eigenvalue weighted by Crippen LogP contribution is -2.53. The van der Waals surface area contributed by atoms with Crippen LogP contribution in [0.15, 0.2) is 29.6 Å². The van der Waals surface area contributed by atoms with Gasteiger partial charge in [-0.1, -0.05) is 12.1 Å². The second-order valence-electron chi connectivity index (χ2n) is 9.24. The lowest BCUT2D eigenvalue weighted by Gasteiger charge is -2.26. The van der Waals surface area contributed by atoms with Crippen molar-refractivity contribution >= 4 is 40.9 Å². The number of thiazole rings is 1. The maximum Gasteiger partial charge on any atom is 0.255 e. The number of benzene rings is 1. The summed E-state index contributed by atoms with van der Waals surface area (Å²) >= 11 is 1.55. The number of ether oxygens (including phenoxy) is 1. The molecule has 12 nitrogen and oxygen atoms in total. The molecule has 0 saturated carbocycles. The van der Waals surface area contributed by atoms with Crippen molar-refractivity contribution in [1.29, 1.82) is 0 Å². The summed E-state index contributed by atoms with van der Waals surface area (Å²) in [7, 11) is 1.54. The van der Waals surface area contributed by atoms with Crippen LogP contribution in [-0.4, -0.2) is 78.2 Å². The Labute approximate surface area is 230 Å². The van der Waals surface area contributed by atoms with Crippen molar-refractivity contribution in [3.05, 3.63) is 45.9 Å². The maximum absolute atomic E-state index is 13.1. The number of nitrogens with two attached hydrogens (primary N) is 1. The molecule has 39 heavy (non-hydrogen) atoms. The van der Waals surface area contributed by atoms with Gasteiger partial charge in [0.05, 0.1) is 23.5 Å². The van der Waals surface area contributed by atoms with E-state index in [4.69, 9.17) is 10.5 Å². The van der Waals surface area contributed by atoms with Gasteiger partial charge < -0.3 is 31.3 Å². The molecule has 210 valence electrons. The molecule has 13 heteroatoms. The molecule has 2 aromatic rings. The van der Waals surface area contributed by atoms with Crippen LogP contribution in [0.2, 0.25) is 0 Å². The minimum atomic E-state index is -1.22. The van der Waals surface area contributed by atoms with Gasteiger partial charge in [-0.2, -0.15) is 0 Å². The second kappa shape index (κ2) is 14.2. The summed E-state index contributed by atoms with van der Waals surface area (Å²) in [5.41, 5.74) is 6.39. The first kappa shape index (κ1) is 29.6. The minimum absolute atomic E-state index is 0.00656. The molecule has 1 aliphatic heterocycles. The van der Waals surface area contributed by atoms with Crippen molar-refractivity contribution in [3.63, 3.8) is 0 Å². The Balaban J connectivity index is 1.77. The number of nitrogens with zero attached hydrogens (tertiary/aromatic N) is 2. The Morgan fingerprint density at radius 2 is 2.00 bits per heavy atom. The van der Waals surface area contributed by atoms with Crippen molar-refractivity contribution < 1.29 is 28.7 Å². The van der Waals surface area contributed by atoms with E-state index >= 15 is 0 Å². The highest BCUT2D eigenvalue weighted by Gasteiger charge is 2.30. The average Bonchev–Trinajstić information content (AvgIpc) is 3.32. The standard InChI is InChI=1S/C26H34N6O6S/c1-16-15-39-23(29-16)8-5-11-28-25(36)19-14-22(34)30-18(9-10-21(27)33)26(37)32(2)12-13-38-20-7-4-3-6-17(20)24(35)31-19/h3-4,6-7,15,18-19H,5,8-14H2,1-2H3,(H2,27,33)(H,28,36)(H,30,34)(H,31,35)/t18-,19-/m0/s1. The predicted molar refractivity (Wildman–Crippen MR) is 144 cm³/mol. The normalized spacial score (nSPS) is 18.7. The molecule has 0 aliphatic carbocycles. The minimum Gasteiger partial charge on any atom is -0.491 e. The number of aromatic nitrogens is 1. The Bertz CT molecular complexity index is 1200. The number of primary amides is 1. The third-order valence-corrected chi connectivity index (χ3v) is 7.08. The average molecular weight is 559 g/mol. The SMILES string of the molecule is Cc1csc(CCCNC(=O)[C@@H]2CC(=O)N[C@@H](CCC(N)=O)C(=O)N(C)CCOc3ccccc3C(=O)N2)n1. The van der Waals surface area contributed by atoms with Crippen LogP contribution in [0.4, 0.5) is 0 Å². The van der Waals surface area contributed by atoms with Crippen LogP contribution in [0.3, 0.4) is 0 Å². The molecular weight excluding hydrogens is 524 g/mol. The lowest BCUT2D eigenvalue weighted by molar-refractivity contribution is -0.136. The summed E-state index contributed by atoms with van der Waals surface area (Å²) in [6.45, 7) is 2.47. The van der Waals surface area contributed by atoms with Crippen LogP contribution in [0.1, 0.15) is 46.7 Å². The van der Waals surface area contributed by atoms with Crippen molar-refractivity contribution in [1.82, 2.24) is 25.8 Å². The fourth-order valence-corrected chi connectivity index (χ4v) is 4.79. The zero-order valence-electron chi connectivity index (χ0n) is 22.0. The van der Waals surface area contributed by atoms with Crippen LogP contribution in [-0.2, 0) is 25.6 Å². The monoisotopic (exact) mass is 558 g/mol. The third kappa shape index (κ3) is 9.06. The summed E-state index contributed by atoms with van der Waals surface area (Å²) in [6.07, 6.45) is 0.758. The molecule has 0 unspecified atom stereocenters. The van der Waals surface area contributed by atoms with Crippen molar-refractivity contribution in [3.8, 4) is 5.75 Å². The number of hydrogen-bond acceptors (Lipinski definition) is 8. The number of carbonyl (C=O) groups excluding carboxylic acids is 5. The Morgan fingerprint density at radius 3 is 2.72 bits per heavy atom. The molecule has 0 saturated heterocycles. The number of rotatable bonds is 8. The topological polar surface area (TPSA) is 173 Å². The highest BCUT2D eigenvalue weighted by atomic mass is 32.1. The molecule has 3 rings (SSSR count). The predicted octanol–water partition coefficient (Wildman–Crippen LogP) is 0.290. The molecular formula is C26H34N6O6S. The number of nitrogens with one attached hydrogen (secondary N) is 3. The van der Waals surface area contributed by atoms with Gasteiger partial charge in [-0.3, -0.25) is 24.0 Å². The largest absolute Gasteiger partial charge is 0.491 e. The summed E-state index contributed by atoms with van der Waals surface area (Å²) in [5, 5.41) is 10.9. The number of hydrogen-bond donors (Lipinski definition) is 4. The number of para-hydroxylation sites is 1.